The molecular formula is C13H17N5. The van der Waals surface area contributed by atoms with Gasteiger partial charge in [0.1, 0.15) is 11.3 Å². The van der Waals surface area contributed by atoms with Gasteiger partial charge in [0.2, 0.25) is 0 Å². The first kappa shape index (κ1) is 11.3. The van der Waals surface area contributed by atoms with Gasteiger partial charge in [0.05, 0.1) is 0 Å². The van der Waals surface area contributed by atoms with E-state index < -0.39 is 0 Å². The zero-order chi connectivity index (χ0) is 12.5. The number of rotatable bonds is 1. The van der Waals surface area contributed by atoms with Crippen molar-refractivity contribution < 1.29 is 0 Å². The van der Waals surface area contributed by atoms with Gasteiger partial charge in [-0.15, -0.1) is 0 Å². The number of nitrogens with zero attached hydrogens (tertiary/aromatic N) is 4. The van der Waals surface area contributed by atoms with Crippen LogP contribution >= 0.6 is 0 Å². The smallest absolute Gasteiger partial charge is 0.180 e. The molecular weight excluding hydrogens is 226 g/mol. The topological polar surface area (TPSA) is 53.9 Å². The van der Waals surface area contributed by atoms with E-state index in [2.05, 4.69) is 39.0 Å². The number of aromatic nitrogens is 3. The Hall–Kier alpha value is -1.75. The van der Waals surface area contributed by atoms with E-state index >= 15 is 0 Å². The van der Waals surface area contributed by atoms with E-state index in [0.717, 1.165) is 24.4 Å². The second-order valence-electron chi connectivity index (χ2n) is 4.88. The molecule has 1 saturated heterocycles. The zero-order valence-corrected chi connectivity index (χ0v) is 10.7. The molecule has 0 aliphatic carbocycles. The molecule has 1 aliphatic heterocycles. The van der Waals surface area contributed by atoms with E-state index in [-0.39, 0.29) is 0 Å². The highest BCUT2D eigenvalue weighted by atomic mass is 15.3. The van der Waals surface area contributed by atoms with Crippen molar-refractivity contribution in [2.45, 2.75) is 25.9 Å². The summed E-state index contributed by atoms with van der Waals surface area (Å²) >= 11 is 0. The molecule has 94 valence electrons. The Balaban J connectivity index is 1.97. The Bertz CT molecular complexity index is 556. The number of anilines is 1. The van der Waals surface area contributed by atoms with Gasteiger partial charge >= 0.3 is 0 Å². The number of hydrogen-bond donors (Lipinski definition) is 1. The van der Waals surface area contributed by atoms with Crippen LogP contribution in [0.1, 0.15) is 13.8 Å². The molecule has 3 rings (SSSR count). The molecule has 2 aromatic rings. The normalized spacial score (nSPS) is 24.4. The maximum Gasteiger partial charge on any atom is 0.180 e. The van der Waals surface area contributed by atoms with Crippen molar-refractivity contribution in [1.29, 1.82) is 0 Å². The van der Waals surface area contributed by atoms with Gasteiger partial charge in [-0.25, -0.2) is 9.97 Å². The summed E-state index contributed by atoms with van der Waals surface area (Å²) < 4.78 is 0. The predicted molar refractivity (Wildman–Crippen MR) is 71.6 cm³/mol. The van der Waals surface area contributed by atoms with Crippen molar-refractivity contribution >= 4 is 17.0 Å². The molecule has 2 atom stereocenters. The monoisotopic (exact) mass is 243 g/mol. The Morgan fingerprint density at radius 1 is 1.22 bits per heavy atom. The van der Waals surface area contributed by atoms with E-state index in [1.54, 1.807) is 12.4 Å². The number of pyridine rings is 1. The summed E-state index contributed by atoms with van der Waals surface area (Å²) in [6.07, 6.45) is 3.38. The van der Waals surface area contributed by atoms with Crippen LogP contribution in [-0.2, 0) is 0 Å². The largest absolute Gasteiger partial charge is 0.351 e. The lowest BCUT2D eigenvalue weighted by Gasteiger charge is -2.38. The van der Waals surface area contributed by atoms with Crippen LogP contribution in [0.25, 0.3) is 11.2 Å². The van der Waals surface area contributed by atoms with Crippen LogP contribution < -0.4 is 10.2 Å². The van der Waals surface area contributed by atoms with Gasteiger partial charge in [-0.05, 0) is 26.0 Å². The number of piperazine rings is 1. The number of hydrogen-bond acceptors (Lipinski definition) is 5. The van der Waals surface area contributed by atoms with Crippen LogP contribution in [0.2, 0.25) is 0 Å². The second kappa shape index (κ2) is 4.49. The lowest BCUT2D eigenvalue weighted by Crippen LogP contribution is -2.54. The van der Waals surface area contributed by atoms with Gasteiger partial charge in [0.15, 0.2) is 5.65 Å². The highest BCUT2D eigenvalue weighted by Crippen LogP contribution is 2.19. The summed E-state index contributed by atoms with van der Waals surface area (Å²) in [5.74, 6) is 0.990. The van der Waals surface area contributed by atoms with Crippen LogP contribution in [0.4, 0.5) is 5.82 Å². The summed E-state index contributed by atoms with van der Waals surface area (Å²) in [6, 6.07) is 4.96. The summed E-state index contributed by atoms with van der Waals surface area (Å²) in [5, 5.41) is 3.47. The van der Waals surface area contributed by atoms with Gasteiger partial charge in [0.25, 0.3) is 0 Å². The average Bonchev–Trinajstić information content (AvgIpc) is 2.41. The lowest BCUT2D eigenvalue weighted by molar-refractivity contribution is 0.423. The molecule has 3 heterocycles. The van der Waals surface area contributed by atoms with E-state index in [1.807, 2.05) is 12.1 Å². The van der Waals surface area contributed by atoms with Crippen LogP contribution in [0.3, 0.4) is 0 Å². The van der Waals surface area contributed by atoms with E-state index in [0.29, 0.717) is 17.7 Å². The first-order valence-corrected chi connectivity index (χ1v) is 6.32. The summed E-state index contributed by atoms with van der Waals surface area (Å²) in [6.45, 7) is 6.36. The molecule has 18 heavy (non-hydrogen) atoms. The third kappa shape index (κ3) is 2.01. The fourth-order valence-electron chi connectivity index (χ4n) is 2.35. The first-order chi connectivity index (χ1) is 8.74. The summed E-state index contributed by atoms with van der Waals surface area (Å²) in [4.78, 5) is 15.4. The molecule has 1 N–H and O–H groups in total. The van der Waals surface area contributed by atoms with Gasteiger partial charge in [0, 0.05) is 37.6 Å². The fourth-order valence-corrected chi connectivity index (χ4v) is 2.35. The standard InChI is InChI=1S/C13H17N5/c1-9-8-18(10(2)7-16-9)12-4-3-11-13(17-12)15-6-5-14-11/h3-6,9-10,16H,7-8H2,1-2H3. The molecule has 2 unspecified atom stereocenters. The highest BCUT2D eigenvalue weighted by molar-refractivity contribution is 5.71. The fraction of sp³-hybridized carbons (Fsp3) is 0.462. The van der Waals surface area contributed by atoms with Crippen molar-refractivity contribution in [2.24, 2.45) is 0 Å². The van der Waals surface area contributed by atoms with Gasteiger partial charge in [-0.2, -0.15) is 0 Å². The Labute approximate surface area is 106 Å². The zero-order valence-electron chi connectivity index (χ0n) is 10.7. The Morgan fingerprint density at radius 2 is 2.06 bits per heavy atom. The molecule has 1 fully saturated rings. The van der Waals surface area contributed by atoms with Crippen LogP contribution in [-0.4, -0.2) is 40.1 Å². The van der Waals surface area contributed by atoms with Crippen LogP contribution in [0.15, 0.2) is 24.5 Å². The maximum absolute atomic E-state index is 4.61. The van der Waals surface area contributed by atoms with Crippen molar-refractivity contribution in [1.82, 2.24) is 20.3 Å². The van der Waals surface area contributed by atoms with Crippen LogP contribution in [0, 0.1) is 0 Å². The molecule has 0 amide bonds. The third-order valence-electron chi connectivity index (χ3n) is 3.38. The van der Waals surface area contributed by atoms with Crippen molar-refractivity contribution in [3.8, 4) is 0 Å². The molecule has 0 aromatic carbocycles. The highest BCUT2D eigenvalue weighted by Gasteiger charge is 2.23. The number of fused-ring (bicyclic) bond motifs is 1. The molecule has 2 aromatic heterocycles. The van der Waals surface area contributed by atoms with Crippen LogP contribution in [0.5, 0.6) is 0 Å². The molecule has 0 spiro atoms. The SMILES string of the molecule is CC1CN(c2ccc3nccnc3n2)C(C)CN1. The van der Waals surface area contributed by atoms with E-state index in [9.17, 15) is 0 Å². The van der Waals surface area contributed by atoms with Crippen molar-refractivity contribution in [3.05, 3.63) is 24.5 Å². The van der Waals surface area contributed by atoms with E-state index in [4.69, 9.17) is 0 Å². The summed E-state index contributed by atoms with van der Waals surface area (Å²) in [7, 11) is 0. The number of nitrogens with one attached hydrogen (secondary N) is 1. The molecule has 0 radical (unpaired) electrons. The van der Waals surface area contributed by atoms with Crippen molar-refractivity contribution in [3.63, 3.8) is 0 Å². The minimum absolute atomic E-state index is 0.447. The second-order valence-corrected chi connectivity index (χ2v) is 4.88. The quantitative estimate of drug-likeness (QED) is 0.816. The first-order valence-electron chi connectivity index (χ1n) is 6.32. The Morgan fingerprint density at radius 3 is 2.94 bits per heavy atom. The lowest BCUT2D eigenvalue weighted by atomic mass is 10.1. The average molecular weight is 243 g/mol. The molecule has 0 saturated carbocycles. The summed E-state index contributed by atoms with van der Waals surface area (Å²) in [5.41, 5.74) is 1.56. The molecule has 0 bridgehead atoms. The van der Waals surface area contributed by atoms with Gasteiger partial charge < -0.3 is 10.2 Å². The molecule has 5 heteroatoms. The van der Waals surface area contributed by atoms with Gasteiger partial charge in [-0.1, -0.05) is 0 Å². The molecule has 1 aliphatic rings. The minimum Gasteiger partial charge on any atom is -0.351 e. The van der Waals surface area contributed by atoms with Gasteiger partial charge in [-0.3, -0.25) is 4.98 Å². The minimum atomic E-state index is 0.447. The van der Waals surface area contributed by atoms with Crippen molar-refractivity contribution in [2.75, 3.05) is 18.0 Å². The third-order valence-corrected chi connectivity index (χ3v) is 3.38. The maximum atomic E-state index is 4.61. The molecule has 5 nitrogen and oxygen atoms in total. The predicted octanol–water partition coefficient (Wildman–Crippen LogP) is 1.21. The Kier molecular flexibility index (Phi) is 2.83. The van der Waals surface area contributed by atoms with E-state index in [1.165, 1.54) is 0 Å².